The van der Waals surface area contributed by atoms with Gasteiger partial charge in [-0.1, -0.05) is 41.7 Å². The van der Waals surface area contributed by atoms with E-state index in [1.54, 1.807) is 60.7 Å². The highest BCUT2D eigenvalue weighted by atomic mass is 32.1. The maximum Gasteiger partial charge on any atom is 0.265 e. The Labute approximate surface area is 192 Å². The molecule has 0 unspecified atom stereocenters. The van der Waals surface area contributed by atoms with Gasteiger partial charge in [-0.05, 0) is 42.5 Å². The molecule has 33 heavy (non-hydrogen) atoms. The molecule has 0 aliphatic carbocycles. The van der Waals surface area contributed by atoms with Crippen LogP contribution in [-0.2, 0) is 9.59 Å². The van der Waals surface area contributed by atoms with E-state index in [0.717, 1.165) is 4.70 Å². The topological polar surface area (TPSA) is 101 Å². The number of aromatic nitrogens is 1. The van der Waals surface area contributed by atoms with E-state index in [-0.39, 0.29) is 30.9 Å². The first-order valence-electron chi connectivity index (χ1n) is 10.2. The Hall–Kier alpha value is -4.24. The van der Waals surface area contributed by atoms with E-state index >= 15 is 0 Å². The second-order valence-electron chi connectivity index (χ2n) is 7.31. The summed E-state index contributed by atoms with van der Waals surface area (Å²) in [5.41, 5.74) is 2.40. The number of benzene rings is 3. The van der Waals surface area contributed by atoms with Gasteiger partial charge < -0.3 is 10.1 Å². The van der Waals surface area contributed by atoms with Gasteiger partial charge in [-0.25, -0.2) is 4.98 Å². The van der Waals surface area contributed by atoms with Crippen LogP contribution in [0.1, 0.15) is 10.4 Å². The highest BCUT2D eigenvalue weighted by Gasteiger charge is 2.27. The van der Waals surface area contributed by atoms with Gasteiger partial charge >= 0.3 is 0 Å². The smallest absolute Gasteiger partial charge is 0.265 e. The first-order valence-corrected chi connectivity index (χ1v) is 11.0. The number of para-hydroxylation sites is 2. The summed E-state index contributed by atoms with van der Waals surface area (Å²) >= 11 is 1.31. The Morgan fingerprint density at radius 3 is 2.64 bits per heavy atom. The van der Waals surface area contributed by atoms with Crippen LogP contribution in [0, 0.1) is 0 Å². The molecule has 2 N–H and O–H groups in total. The Morgan fingerprint density at radius 2 is 1.79 bits per heavy atom. The van der Waals surface area contributed by atoms with Crippen LogP contribution < -0.4 is 20.3 Å². The molecule has 0 atom stereocenters. The lowest BCUT2D eigenvalue weighted by atomic mass is 10.2. The van der Waals surface area contributed by atoms with Crippen molar-refractivity contribution in [3.8, 4) is 5.75 Å². The fraction of sp³-hybridized carbons (Fsp3) is 0.0833. The lowest BCUT2D eigenvalue weighted by molar-refractivity contribution is -0.123. The first-order chi connectivity index (χ1) is 16.1. The van der Waals surface area contributed by atoms with Crippen LogP contribution in [-0.4, -0.2) is 35.9 Å². The second kappa shape index (κ2) is 8.71. The molecule has 1 aliphatic rings. The number of carbonyl (C=O) groups excluding carboxylic acids is 3. The minimum atomic E-state index is -0.332. The zero-order chi connectivity index (χ0) is 22.8. The number of carbonyl (C=O) groups is 3. The van der Waals surface area contributed by atoms with E-state index in [9.17, 15) is 14.4 Å². The van der Waals surface area contributed by atoms with Crippen molar-refractivity contribution in [3.05, 3.63) is 78.4 Å². The highest BCUT2D eigenvalue weighted by Crippen LogP contribution is 2.32. The van der Waals surface area contributed by atoms with Crippen molar-refractivity contribution < 1.29 is 19.1 Å². The molecule has 0 fully saturated rings. The molecular formula is C24H18N4O4S. The minimum Gasteiger partial charge on any atom is -0.482 e. The summed E-state index contributed by atoms with van der Waals surface area (Å²) in [5.74, 6) is -0.276. The Bertz CT molecular complexity index is 1370. The molecule has 3 aromatic carbocycles. The summed E-state index contributed by atoms with van der Waals surface area (Å²) in [5, 5.41) is 6.10. The van der Waals surface area contributed by atoms with Crippen LogP contribution in [0.3, 0.4) is 0 Å². The van der Waals surface area contributed by atoms with Crippen LogP contribution in [0.4, 0.5) is 16.5 Å². The minimum absolute atomic E-state index is 0.103. The number of fused-ring (bicyclic) bond motifs is 2. The van der Waals surface area contributed by atoms with Gasteiger partial charge in [-0.2, -0.15) is 0 Å². The van der Waals surface area contributed by atoms with Crippen LogP contribution in [0.15, 0.2) is 72.8 Å². The van der Waals surface area contributed by atoms with Gasteiger partial charge in [0, 0.05) is 11.3 Å². The zero-order valence-corrected chi connectivity index (χ0v) is 18.1. The van der Waals surface area contributed by atoms with Gasteiger partial charge in [0.05, 0.1) is 15.9 Å². The van der Waals surface area contributed by atoms with Gasteiger partial charge in [-0.3, -0.25) is 24.6 Å². The summed E-state index contributed by atoms with van der Waals surface area (Å²) in [6, 6.07) is 21.3. The Morgan fingerprint density at radius 1 is 1.00 bits per heavy atom. The summed E-state index contributed by atoms with van der Waals surface area (Å²) in [6.07, 6.45) is 0. The van der Waals surface area contributed by atoms with Gasteiger partial charge in [-0.15, -0.1) is 0 Å². The van der Waals surface area contributed by atoms with Gasteiger partial charge in [0.2, 0.25) is 5.91 Å². The highest BCUT2D eigenvalue weighted by molar-refractivity contribution is 7.22. The first kappa shape index (κ1) is 20.7. The number of hydrogen-bond donors (Lipinski definition) is 2. The molecule has 2 heterocycles. The fourth-order valence-electron chi connectivity index (χ4n) is 3.49. The number of nitrogens with zero attached hydrogens (tertiary/aromatic N) is 2. The third-order valence-corrected chi connectivity index (χ3v) is 5.97. The molecule has 164 valence electrons. The summed E-state index contributed by atoms with van der Waals surface area (Å²) < 4.78 is 6.22. The molecule has 8 nitrogen and oxygen atoms in total. The average Bonchev–Trinajstić information content (AvgIpc) is 3.23. The van der Waals surface area contributed by atoms with E-state index in [4.69, 9.17) is 4.74 Å². The second-order valence-corrected chi connectivity index (χ2v) is 8.34. The third-order valence-electron chi connectivity index (χ3n) is 5.04. The lowest BCUT2D eigenvalue weighted by Crippen LogP contribution is -2.43. The lowest BCUT2D eigenvalue weighted by Gasteiger charge is -2.28. The standard InChI is InChI=1S/C24H18N4O4S/c29-21(13-28-18-8-4-5-9-19(18)32-14-22(28)30)25-16-10-11-17-20(12-16)33-24(26-17)27-23(31)15-6-2-1-3-7-15/h1-12H,13-14H2,(H,25,29)(H,26,27,31). The van der Waals surface area contributed by atoms with Crippen LogP contribution >= 0.6 is 11.3 Å². The molecule has 0 saturated heterocycles. The zero-order valence-electron chi connectivity index (χ0n) is 17.3. The van der Waals surface area contributed by atoms with E-state index in [2.05, 4.69) is 15.6 Å². The molecule has 0 spiro atoms. The van der Waals surface area contributed by atoms with E-state index < -0.39 is 0 Å². The van der Waals surface area contributed by atoms with Gasteiger partial charge in [0.15, 0.2) is 11.7 Å². The van der Waals surface area contributed by atoms with E-state index in [1.165, 1.54) is 16.2 Å². The van der Waals surface area contributed by atoms with E-state index in [0.29, 0.717) is 33.3 Å². The monoisotopic (exact) mass is 458 g/mol. The molecule has 0 bridgehead atoms. The Kier molecular flexibility index (Phi) is 5.45. The SMILES string of the molecule is O=C(CN1C(=O)COc2ccccc21)Nc1ccc2nc(NC(=O)c3ccccc3)sc2c1. The molecule has 9 heteroatoms. The largest absolute Gasteiger partial charge is 0.482 e. The normalized spacial score (nSPS) is 12.7. The van der Waals surface area contributed by atoms with Crippen LogP contribution in [0.5, 0.6) is 5.75 Å². The number of hydrogen-bond acceptors (Lipinski definition) is 6. The maximum atomic E-state index is 12.7. The third kappa shape index (κ3) is 4.39. The van der Waals surface area contributed by atoms with Crippen molar-refractivity contribution in [2.24, 2.45) is 0 Å². The maximum absolute atomic E-state index is 12.7. The number of rotatable bonds is 5. The van der Waals surface area contributed by atoms with Gasteiger partial charge in [0.25, 0.3) is 11.8 Å². The van der Waals surface area contributed by atoms with Crippen molar-refractivity contribution in [3.63, 3.8) is 0 Å². The molecule has 0 radical (unpaired) electrons. The summed E-state index contributed by atoms with van der Waals surface area (Å²) in [4.78, 5) is 43.2. The predicted octanol–water partition coefficient (Wildman–Crippen LogP) is 3.91. The molecule has 1 aliphatic heterocycles. The van der Waals surface area contributed by atoms with Crippen molar-refractivity contribution in [2.45, 2.75) is 0 Å². The number of anilines is 3. The van der Waals surface area contributed by atoms with Crippen LogP contribution in [0.25, 0.3) is 10.2 Å². The Balaban J connectivity index is 1.28. The fourth-order valence-corrected chi connectivity index (χ4v) is 4.39. The summed E-state index contributed by atoms with van der Waals surface area (Å²) in [7, 11) is 0. The number of amides is 3. The van der Waals surface area contributed by atoms with Crippen LogP contribution in [0.2, 0.25) is 0 Å². The average molecular weight is 458 g/mol. The summed E-state index contributed by atoms with van der Waals surface area (Å²) in [6.45, 7) is -0.229. The number of nitrogens with one attached hydrogen (secondary N) is 2. The molecule has 0 saturated carbocycles. The van der Waals surface area contributed by atoms with Crippen molar-refractivity contribution in [1.82, 2.24) is 4.98 Å². The molecule has 3 amide bonds. The predicted molar refractivity (Wildman–Crippen MR) is 127 cm³/mol. The quantitative estimate of drug-likeness (QED) is 0.472. The molecule has 1 aromatic heterocycles. The molecule has 5 rings (SSSR count). The van der Waals surface area contributed by atoms with Gasteiger partial charge in [0.1, 0.15) is 12.3 Å². The van der Waals surface area contributed by atoms with Crippen molar-refractivity contribution in [2.75, 3.05) is 28.7 Å². The van der Waals surface area contributed by atoms with E-state index in [1.807, 2.05) is 12.1 Å². The van der Waals surface area contributed by atoms with Crippen molar-refractivity contribution in [1.29, 1.82) is 0 Å². The molecular weight excluding hydrogens is 440 g/mol. The molecule has 4 aromatic rings. The van der Waals surface area contributed by atoms with Crippen molar-refractivity contribution >= 4 is 55.8 Å². The number of ether oxygens (including phenoxy) is 1. The number of thiazole rings is 1.